The lowest BCUT2D eigenvalue weighted by molar-refractivity contribution is -0.121. The molecule has 1 rings (SSSR count). The number of rotatable bonds is 4. The minimum Gasteiger partial charge on any atom is -0.377 e. The number of nitrogens with two attached hydrogens (primary N) is 1. The van der Waals surface area contributed by atoms with Gasteiger partial charge in [0.15, 0.2) is 0 Å². The molecule has 6 nitrogen and oxygen atoms in total. The fraction of sp³-hybridized carbons (Fsp3) is 0.800. The van der Waals surface area contributed by atoms with Crippen LogP contribution in [0.1, 0.15) is 26.2 Å². The van der Waals surface area contributed by atoms with Gasteiger partial charge < -0.3 is 15.8 Å². The number of amides is 3. The number of imide groups is 1. The van der Waals surface area contributed by atoms with Crippen molar-refractivity contribution in [2.45, 2.75) is 38.3 Å². The topological polar surface area (TPSA) is 93.4 Å². The molecule has 1 saturated heterocycles. The van der Waals surface area contributed by atoms with Crippen molar-refractivity contribution in [3.05, 3.63) is 0 Å². The molecule has 1 aliphatic heterocycles. The molecule has 2 atom stereocenters. The monoisotopic (exact) mass is 229 g/mol. The van der Waals surface area contributed by atoms with Crippen LogP contribution >= 0.6 is 0 Å². The summed E-state index contributed by atoms with van der Waals surface area (Å²) in [4.78, 5) is 21.8. The Morgan fingerprint density at radius 2 is 2.25 bits per heavy atom. The Kier molecular flexibility index (Phi) is 5.21. The molecule has 1 fully saturated rings. The van der Waals surface area contributed by atoms with Crippen LogP contribution in [-0.4, -0.2) is 37.2 Å². The number of carbonyl (C=O) groups excluding carboxylic acids is 2. The van der Waals surface area contributed by atoms with Crippen LogP contribution in [0.15, 0.2) is 0 Å². The fourth-order valence-corrected chi connectivity index (χ4v) is 1.60. The molecule has 92 valence electrons. The van der Waals surface area contributed by atoms with Crippen molar-refractivity contribution in [1.29, 1.82) is 0 Å². The van der Waals surface area contributed by atoms with Crippen molar-refractivity contribution in [3.63, 3.8) is 0 Å². The third-order valence-electron chi connectivity index (χ3n) is 2.57. The van der Waals surface area contributed by atoms with Gasteiger partial charge in [-0.3, -0.25) is 10.1 Å². The molecule has 0 aromatic carbocycles. The van der Waals surface area contributed by atoms with Gasteiger partial charge in [-0.25, -0.2) is 4.79 Å². The molecular weight excluding hydrogens is 210 g/mol. The summed E-state index contributed by atoms with van der Waals surface area (Å²) in [5.74, 6) is -0.414. The normalized spacial score (nSPS) is 22.4. The second-order valence-corrected chi connectivity index (χ2v) is 3.97. The second kappa shape index (κ2) is 6.44. The summed E-state index contributed by atoms with van der Waals surface area (Å²) in [6.45, 7) is 3.09. The van der Waals surface area contributed by atoms with Crippen LogP contribution in [0.5, 0.6) is 0 Å². The first kappa shape index (κ1) is 12.9. The summed E-state index contributed by atoms with van der Waals surface area (Å²) in [6.07, 6.45) is 3.44. The van der Waals surface area contributed by atoms with Gasteiger partial charge in [-0.05, 0) is 26.2 Å². The molecule has 0 aromatic heterocycles. The van der Waals surface area contributed by atoms with Gasteiger partial charge in [0.1, 0.15) is 0 Å². The Labute approximate surface area is 94.9 Å². The Hall–Kier alpha value is -1.14. The van der Waals surface area contributed by atoms with Gasteiger partial charge in [0, 0.05) is 13.2 Å². The quantitative estimate of drug-likeness (QED) is 0.618. The number of primary amides is 1. The maximum absolute atomic E-state index is 11.3. The van der Waals surface area contributed by atoms with Gasteiger partial charge in [0.2, 0.25) is 5.91 Å². The Bertz CT molecular complexity index is 252. The molecule has 6 heteroatoms. The van der Waals surface area contributed by atoms with Crippen molar-refractivity contribution >= 4 is 11.9 Å². The van der Waals surface area contributed by atoms with Crippen LogP contribution in [0.3, 0.4) is 0 Å². The van der Waals surface area contributed by atoms with E-state index in [0.29, 0.717) is 6.54 Å². The smallest absolute Gasteiger partial charge is 0.318 e. The zero-order valence-corrected chi connectivity index (χ0v) is 9.49. The standard InChI is InChI=1S/C10H19N3O3/c1-7(9(14)13-10(11)15)12-6-8-4-2-3-5-16-8/h7-8,12H,2-6H2,1H3,(H3,11,13,14,15). The molecular formula is C10H19N3O3. The van der Waals surface area contributed by atoms with Crippen LogP contribution in [0.25, 0.3) is 0 Å². The van der Waals surface area contributed by atoms with Crippen molar-refractivity contribution in [3.8, 4) is 0 Å². The number of urea groups is 1. The first-order chi connectivity index (χ1) is 7.59. The minimum atomic E-state index is -0.826. The SMILES string of the molecule is CC(NCC1CCCCO1)C(=O)NC(N)=O. The van der Waals surface area contributed by atoms with Crippen molar-refractivity contribution in [1.82, 2.24) is 10.6 Å². The van der Waals surface area contributed by atoms with E-state index in [-0.39, 0.29) is 6.10 Å². The summed E-state index contributed by atoms with van der Waals surface area (Å²) in [6, 6.07) is -1.27. The predicted molar refractivity (Wildman–Crippen MR) is 58.8 cm³/mol. The van der Waals surface area contributed by atoms with Gasteiger partial charge in [0.25, 0.3) is 0 Å². The average Bonchev–Trinajstić information content (AvgIpc) is 2.26. The number of hydrogen-bond acceptors (Lipinski definition) is 4. The van der Waals surface area contributed by atoms with Gasteiger partial charge in [-0.15, -0.1) is 0 Å². The van der Waals surface area contributed by atoms with E-state index >= 15 is 0 Å². The lowest BCUT2D eigenvalue weighted by Gasteiger charge is -2.24. The molecule has 0 aliphatic carbocycles. The van der Waals surface area contributed by atoms with E-state index < -0.39 is 18.0 Å². The Morgan fingerprint density at radius 3 is 2.81 bits per heavy atom. The number of carbonyl (C=O) groups is 2. The maximum atomic E-state index is 11.3. The number of hydrogen-bond donors (Lipinski definition) is 3. The zero-order valence-electron chi connectivity index (χ0n) is 9.49. The van der Waals surface area contributed by atoms with E-state index in [1.165, 1.54) is 0 Å². The number of nitrogens with one attached hydrogen (secondary N) is 2. The van der Waals surface area contributed by atoms with Crippen LogP contribution in [-0.2, 0) is 9.53 Å². The largest absolute Gasteiger partial charge is 0.377 e. The molecule has 3 amide bonds. The van der Waals surface area contributed by atoms with Crippen LogP contribution in [0, 0.1) is 0 Å². The van der Waals surface area contributed by atoms with Crippen molar-refractivity contribution in [2.24, 2.45) is 5.73 Å². The van der Waals surface area contributed by atoms with E-state index in [1.54, 1.807) is 6.92 Å². The third kappa shape index (κ3) is 4.59. The van der Waals surface area contributed by atoms with Crippen LogP contribution in [0.4, 0.5) is 4.79 Å². The maximum Gasteiger partial charge on any atom is 0.318 e. The summed E-state index contributed by atoms with van der Waals surface area (Å²) >= 11 is 0. The summed E-state index contributed by atoms with van der Waals surface area (Å²) in [7, 11) is 0. The highest BCUT2D eigenvalue weighted by atomic mass is 16.5. The first-order valence-electron chi connectivity index (χ1n) is 5.55. The Morgan fingerprint density at radius 1 is 1.50 bits per heavy atom. The van der Waals surface area contributed by atoms with Crippen LogP contribution < -0.4 is 16.4 Å². The predicted octanol–water partition coefficient (Wildman–Crippen LogP) is -0.271. The van der Waals surface area contributed by atoms with Gasteiger partial charge in [-0.1, -0.05) is 0 Å². The lowest BCUT2D eigenvalue weighted by atomic mass is 10.1. The molecule has 0 bridgehead atoms. The molecule has 2 unspecified atom stereocenters. The van der Waals surface area contributed by atoms with Gasteiger partial charge in [0.05, 0.1) is 12.1 Å². The van der Waals surface area contributed by atoms with Crippen LogP contribution in [0.2, 0.25) is 0 Å². The average molecular weight is 229 g/mol. The molecule has 0 radical (unpaired) electrons. The molecule has 16 heavy (non-hydrogen) atoms. The van der Waals surface area contributed by atoms with Gasteiger partial charge in [-0.2, -0.15) is 0 Å². The van der Waals surface area contributed by atoms with E-state index in [4.69, 9.17) is 10.5 Å². The fourth-order valence-electron chi connectivity index (χ4n) is 1.60. The van der Waals surface area contributed by atoms with E-state index in [9.17, 15) is 9.59 Å². The highest BCUT2D eigenvalue weighted by Crippen LogP contribution is 2.11. The molecule has 0 spiro atoms. The highest BCUT2D eigenvalue weighted by molar-refractivity contribution is 5.96. The summed E-state index contributed by atoms with van der Waals surface area (Å²) < 4.78 is 5.50. The molecule has 4 N–H and O–H groups in total. The zero-order chi connectivity index (χ0) is 12.0. The molecule has 0 aromatic rings. The Balaban J connectivity index is 2.20. The molecule has 1 aliphatic rings. The number of ether oxygens (including phenoxy) is 1. The molecule has 0 saturated carbocycles. The van der Waals surface area contributed by atoms with E-state index in [2.05, 4.69) is 5.32 Å². The first-order valence-corrected chi connectivity index (χ1v) is 5.55. The second-order valence-electron chi connectivity index (χ2n) is 3.97. The highest BCUT2D eigenvalue weighted by Gasteiger charge is 2.18. The minimum absolute atomic E-state index is 0.164. The van der Waals surface area contributed by atoms with E-state index in [1.807, 2.05) is 5.32 Å². The van der Waals surface area contributed by atoms with Gasteiger partial charge >= 0.3 is 6.03 Å². The summed E-state index contributed by atoms with van der Waals surface area (Å²) in [5.41, 5.74) is 4.85. The van der Waals surface area contributed by atoms with Crippen molar-refractivity contribution in [2.75, 3.05) is 13.2 Å². The van der Waals surface area contributed by atoms with E-state index in [0.717, 1.165) is 25.9 Å². The lowest BCUT2D eigenvalue weighted by Crippen LogP contribution is -2.48. The molecule has 1 heterocycles. The summed E-state index contributed by atoms with van der Waals surface area (Å²) in [5, 5.41) is 5.04. The van der Waals surface area contributed by atoms with Crippen molar-refractivity contribution < 1.29 is 14.3 Å². The third-order valence-corrected chi connectivity index (χ3v) is 2.57.